The number of hydrogen-bond acceptors (Lipinski definition) is 3. The molecule has 1 aliphatic rings. The third-order valence-electron chi connectivity index (χ3n) is 3.11. The first-order valence-corrected chi connectivity index (χ1v) is 5.83. The highest BCUT2D eigenvalue weighted by Gasteiger charge is 2.23. The molecule has 88 valence electrons. The molecule has 0 aliphatic carbocycles. The minimum Gasteiger partial charge on any atom is -0.393 e. The van der Waals surface area contributed by atoms with Crippen molar-refractivity contribution in [3.05, 3.63) is 0 Å². The van der Waals surface area contributed by atoms with Crippen LogP contribution in [0.15, 0.2) is 0 Å². The molecule has 0 radical (unpaired) electrons. The van der Waals surface area contributed by atoms with Crippen LogP contribution in [-0.4, -0.2) is 41.6 Å². The quantitative estimate of drug-likeness (QED) is 0.359. The lowest BCUT2D eigenvalue weighted by molar-refractivity contribution is 0.0346. The van der Waals surface area contributed by atoms with Gasteiger partial charge in [0.25, 0.3) is 0 Å². The van der Waals surface area contributed by atoms with E-state index < -0.39 is 0 Å². The number of aliphatic hydroxyl groups excluding tert-OH is 1. The zero-order chi connectivity index (χ0) is 11.3. The molecule has 0 aromatic rings. The molecule has 0 amide bonds. The maximum absolute atomic E-state index is 9.57. The molecule has 0 spiro atoms. The Kier molecular flexibility index (Phi) is 5.05. The lowest BCUT2D eigenvalue weighted by Crippen LogP contribution is -2.42. The van der Waals surface area contributed by atoms with Crippen molar-refractivity contribution < 1.29 is 5.11 Å². The van der Waals surface area contributed by atoms with Crippen LogP contribution in [0.3, 0.4) is 0 Å². The maximum Gasteiger partial charge on any atom is 0.0905 e. The molecule has 2 unspecified atom stereocenters. The highest BCUT2D eigenvalue weighted by molar-refractivity contribution is 5.76. The number of rotatable bonds is 5. The van der Waals surface area contributed by atoms with Gasteiger partial charge in [0.1, 0.15) is 0 Å². The molecule has 0 saturated carbocycles. The molecule has 1 aliphatic heterocycles. The largest absolute Gasteiger partial charge is 0.393 e. The summed E-state index contributed by atoms with van der Waals surface area (Å²) in [5, 5.41) is 16.7. The van der Waals surface area contributed by atoms with E-state index in [0.29, 0.717) is 12.3 Å². The van der Waals surface area contributed by atoms with E-state index in [-0.39, 0.29) is 11.9 Å². The Hall–Kier alpha value is -0.610. The summed E-state index contributed by atoms with van der Waals surface area (Å²) in [6, 6.07) is 0. The molecule has 2 atom stereocenters. The highest BCUT2D eigenvalue weighted by atomic mass is 16.3. The standard InChI is InChI=1S/C11H23N3O/c1-9-8-14(7-5-10(9)15)6-3-2-4-11(12)13/h9-10,15H,2-8H2,1H3,(H3,12,13). The number of likely N-dealkylation sites (tertiary alicyclic amines) is 1. The number of unbranched alkanes of at least 4 members (excludes halogenated alkanes) is 1. The van der Waals surface area contributed by atoms with Gasteiger partial charge in [-0.25, -0.2) is 0 Å². The average molecular weight is 213 g/mol. The third-order valence-corrected chi connectivity index (χ3v) is 3.11. The van der Waals surface area contributed by atoms with Crippen LogP contribution in [-0.2, 0) is 0 Å². The molecule has 1 heterocycles. The zero-order valence-electron chi connectivity index (χ0n) is 9.58. The van der Waals surface area contributed by atoms with E-state index in [1.807, 2.05) is 0 Å². The van der Waals surface area contributed by atoms with E-state index in [2.05, 4.69) is 11.8 Å². The predicted molar refractivity (Wildman–Crippen MR) is 62.0 cm³/mol. The van der Waals surface area contributed by atoms with Crippen molar-refractivity contribution in [3.8, 4) is 0 Å². The summed E-state index contributed by atoms with van der Waals surface area (Å²) in [5.74, 6) is 0.684. The Labute approximate surface area is 92.0 Å². The van der Waals surface area contributed by atoms with E-state index in [1.165, 1.54) is 0 Å². The Bertz CT molecular complexity index is 208. The van der Waals surface area contributed by atoms with Gasteiger partial charge in [-0.15, -0.1) is 0 Å². The van der Waals surface area contributed by atoms with Crippen LogP contribution in [0.25, 0.3) is 0 Å². The summed E-state index contributed by atoms with van der Waals surface area (Å²) in [5.41, 5.74) is 5.29. The summed E-state index contributed by atoms with van der Waals surface area (Å²) in [7, 11) is 0. The minimum atomic E-state index is -0.113. The van der Waals surface area contributed by atoms with Crippen LogP contribution in [0.1, 0.15) is 32.6 Å². The lowest BCUT2D eigenvalue weighted by atomic mass is 9.96. The summed E-state index contributed by atoms with van der Waals surface area (Å²) >= 11 is 0. The molecule has 1 fully saturated rings. The predicted octanol–water partition coefficient (Wildman–Crippen LogP) is 0.795. The topological polar surface area (TPSA) is 73.3 Å². The summed E-state index contributed by atoms with van der Waals surface area (Å²) < 4.78 is 0. The second-order valence-corrected chi connectivity index (χ2v) is 4.62. The van der Waals surface area contributed by atoms with Gasteiger partial charge < -0.3 is 15.7 Å². The molecule has 4 nitrogen and oxygen atoms in total. The molecule has 0 aromatic heterocycles. The molecule has 0 bridgehead atoms. The van der Waals surface area contributed by atoms with Crippen LogP contribution in [0.5, 0.6) is 0 Å². The van der Waals surface area contributed by atoms with Gasteiger partial charge in [-0.1, -0.05) is 6.92 Å². The third kappa shape index (κ3) is 4.62. The van der Waals surface area contributed by atoms with Gasteiger partial charge in [-0.05, 0) is 31.7 Å². The molecule has 1 rings (SSSR count). The van der Waals surface area contributed by atoms with Gasteiger partial charge in [-0.2, -0.15) is 0 Å². The van der Waals surface area contributed by atoms with Crippen molar-refractivity contribution in [2.24, 2.45) is 11.7 Å². The lowest BCUT2D eigenvalue weighted by Gasteiger charge is -2.34. The number of nitrogens with one attached hydrogen (secondary N) is 1. The number of nitrogens with two attached hydrogens (primary N) is 1. The summed E-state index contributed by atoms with van der Waals surface area (Å²) in [6.45, 7) is 5.18. The van der Waals surface area contributed by atoms with Gasteiger partial charge in [0.15, 0.2) is 0 Å². The molecule has 15 heavy (non-hydrogen) atoms. The van der Waals surface area contributed by atoms with Gasteiger partial charge in [0.2, 0.25) is 0 Å². The first-order chi connectivity index (χ1) is 7.09. The first-order valence-electron chi connectivity index (χ1n) is 5.83. The molecule has 1 saturated heterocycles. The first kappa shape index (κ1) is 12.5. The number of nitrogens with zero attached hydrogens (tertiary/aromatic N) is 1. The summed E-state index contributed by atoms with van der Waals surface area (Å²) in [4.78, 5) is 2.40. The van der Waals surface area contributed by atoms with Crippen LogP contribution in [0, 0.1) is 11.3 Å². The fourth-order valence-electron chi connectivity index (χ4n) is 2.07. The fraction of sp³-hybridized carbons (Fsp3) is 0.909. The highest BCUT2D eigenvalue weighted by Crippen LogP contribution is 2.16. The number of piperidine rings is 1. The van der Waals surface area contributed by atoms with Crippen molar-refractivity contribution >= 4 is 5.84 Å². The van der Waals surface area contributed by atoms with Crippen molar-refractivity contribution in [1.29, 1.82) is 5.41 Å². The second kappa shape index (κ2) is 6.08. The number of amidine groups is 1. The Morgan fingerprint density at radius 2 is 2.27 bits per heavy atom. The van der Waals surface area contributed by atoms with E-state index in [0.717, 1.165) is 38.9 Å². The van der Waals surface area contributed by atoms with Crippen LogP contribution in [0.4, 0.5) is 0 Å². The maximum atomic E-state index is 9.57. The van der Waals surface area contributed by atoms with E-state index in [4.69, 9.17) is 11.1 Å². The average Bonchev–Trinajstić information content (AvgIpc) is 2.18. The van der Waals surface area contributed by atoms with Gasteiger partial charge in [0.05, 0.1) is 11.9 Å². The van der Waals surface area contributed by atoms with Gasteiger partial charge >= 0.3 is 0 Å². The van der Waals surface area contributed by atoms with Crippen LogP contribution >= 0.6 is 0 Å². The number of hydrogen-bond donors (Lipinski definition) is 3. The molecule has 4 heteroatoms. The van der Waals surface area contributed by atoms with Crippen molar-refractivity contribution in [3.63, 3.8) is 0 Å². The minimum absolute atomic E-state index is 0.113. The molecule has 4 N–H and O–H groups in total. The Morgan fingerprint density at radius 1 is 1.53 bits per heavy atom. The Morgan fingerprint density at radius 3 is 2.87 bits per heavy atom. The number of aliphatic hydroxyl groups is 1. The van der Waals surface area contributed by atoms with Gasteiger partial charge in [0, 0.05) is 19.5 Å². The molecule has 0 aromatic carbocycles. The van der Waals surface area contributed by atoms with E-state index in [9.17, 15) is 5.11 Å². The smallest absolute Gasteiger partial charge is 0.0905 e. The van der Waals surface area contributed by atoms with E-state index in [1.54, 1.807) is 0 Å². The van der Waals surface area contributed by atoms with Crippen molar-refractivity contribution in [2.45, 2.75) is 38.7 Å². The SMILES string of the molecule is CC1CN(CCCCC(=N)N)CCC1O. The Balaban J connectivity index is 2.09. The van der Waals surface area contributed by atoms with Crippen molar-refractivity contribution in [2.75, 3.05) is 19.6 Å². The molecular formula is C11H23N3O. The monoisotopic (exact) mass is 213 g/mol. The normalized spacial score (nSPS) is 27.9. The van der Waals surface area contributed by atoms with Crippen LogP contribution in [0.2, 0.25) is 0 Å². The summed E-state index contributed by atoms with van der Waals surface area (Å²) in [6.07, 6.45) is 3.60. The van der Waals surface area contributed by atoms with E-state index >= 15 is 0 Å². The fourth-order valence-corrected chi connectivity index (χ4v) is 2.07. The molecular weight excluding hydrogens is 190 g/mol. The van der Waals surface area contributed by atoms with Crippen LogP contribution < -0.4 is 5.73 Å². The zero-order valence-corrected chi connectivity index (χ0v) is 9.58. The van der Waals surface area contributed by atoms with Crippen molar-refractivity contribution in [1.82, 2.24) is 4.90 Å². The second-order valence-electron chi connectivity index (χ2n) is 4.62. The van der Waals surface area contributed by atoms with Gasteiger partial charge in [-0.3, -0.25) is 5.41 Å².